The Bertz CT molecular complexity index is 895. The van der Waals surface area contributed by atoms with Crippen LogP contribution < -0.4 is 14.7 Å². The minimum atomic E-state index is -0.974. The van der Waals surface area contributed by atoms with Gasteiger partial charge in [-0.15, -0.1) is 0 Å². The zero-order valence-corrected chi connectivity index (χ0v) is 17.2. The smallest absolute Gasteiger partial charge is 0.223 e. The molecule has 2 unspecified atom stereocenters. The molecule has 2 N–H and O–H groups in total. The fraction of sp³-hybridized carbons (Fsp3) is 0.435. The predicted octanol–water partition coefficient (Wildman–Crippen LogP) is 2.94. The second-order valence-electron chi connectivity index (χ2n) is 8.07. The molecule has 2 fully saturated rings. The molecular formula is C23H28N2O5. The van der Waals surface area contributed by atoms with Gasteiger partial charge in [0.1, 0.15) is 0 Å². The number of amides is 1. The van der Waals surface area contributed by atoms with Gasteiger partial charge in [0, 0.05) is 30.5 Å². The van der Waals surface area contributed by atoms with E-state index >= 15 is 0 Å². The van der Waals surface area contributed by atoms with Gasteiger partial charge in [-0.05, 0) is 43.4 Å². The van der Waals surface area contributed by atoms with Gasteiger partial charge in [0.2, 0.25) is 5.91 Å². The third-order valence-electron chi connectivity index (χ3n) is 6.08. The highest BCUT2D eigenvalue weighted by Crippen LogP contribution is 2.37. The Morgan fingerprint density at radius 1 is 1.17 bits per heavy atom. The molecule has 7 nitrogen and oxygen atoms in total. The Hall–Kier alpha value is -2.61. The van der Waals surface area contributed by atoms with Gasteiger partial charge in [-0.3, -0.25) is 4.79 Å². The minimum Gasteiger partial charge on any atom is -0.595 e. The molecule has 1 saturated carbocycles. The maximum absolute atomic E-state index is 12.7. The second-order valence-corrected chi connectivity index (χ2v) is 8.07. The number of carbonyl (C=O) groups excluding carboxylic acids is 1. The van der Waals surface area contributed by atoms with E-state index in [1.807, 2.05) is 18.2 Å². The van der Waals surface area contributed by atoms with Crippen LogP contribution >= 0.6 is 0 Å². The summed E-state index contributed by atoms with van der Waals surface area (Å²) in [7, 11) is 1.64. The first kappa shape index (κ1) is 20.7. The number of nitrogens with zero attached hydrogens (tertiary/aromatic N) is 1. The normalized spacial score (nSPS) is 20.6. The largest absolute Gasteiger partial charge is 0.595 e. The predicted molar refractivity (Wildman–Crippen MR) is 111 cm³/mol. The van der Waals surface area contributed by atoms with Crippen molar-refractivity contribution in [2.45, 2.75) is 50.7 Å². The summed E-state index contributed by atoms with van der Waals surface area (Å²) in [5.74, 6) is 1.53. The lowest BCUT2D eigenvalue weighted by atomic mass is 9.98. The van der Waals surface area contributed by atoms with Crippen molar-refractivity contribution in [1.82, 2.24) is 4.90 Å². The number of rotatable bonds is 7. The van der Waals surface area contributed by atoms with E-state index in [9.17, 15) is 15.2 Å². The maximum Gasteiger partial charge on any atom is 0.223 e. The fourth-order valence-electron chi connectivity index (χ4n) is 4.45. The van der Waals surface area contributed by atoms with Crippen LogP contribution in [0.5, 0.6) is 11.5 Å². The van der Waals surface area contributed by atoms with E-state index in [-0.39, 0.29) is 23.6 Å². The van der Waals surface area contributed by atoms with Crippen LogP contribution in [0.15, 0.2) is 42.5 Å². The Morgan fingerprint density at radius 3 is 2.67 bits per heavy atom. The van der Waals surface area contributed by atoms with Crippen LogP contribution in [0.2, 0.25) is 0 Å². The number of nitrogens with one attached hydrogen (secondary N) is 1. The zero-order chi connectivity index (χ0) is 21.1. The van der Waals surface area contributed by atoms with Crippen molar-refractivity contribution in [1.29, 1.82) is 0 Å². The number of benzene rings is 2. The Balaban J connectivity index is 1.50. The van der Waals surface area contributed by atoms with Crippen LogP contribution in [0.1, 0.15) is 49.1 Å². The van der Waals surface area contributed by atoms with E-state index in [0.29, 0.717) is 30.8 Å². The van der Waals surface area contributed by atoms with Crippen LogP contribution in [0, 0.1) is 5.21 Å². The van der Waals surface area contributed by atoms with E-state index in [1.54, 1.807) is 36.3 Å². The van der Waals surface area contributed by atoms with Crippen molar-refractivity contribution >= 4 is 11.6 Å². The van der Waals surface area contributed by atoms with Crippen LogP contribution in [0.3, 0.4) is 0 Å². The second kappa shape index (κ2) is 9.04. The average Bonchev–Trinajstić information content (AvgIpc) is 3.38. The summed E-state index contributed by atoms with van der Waals surface area (Å²) >= 11 is 0. The van der Waals surface area contributed by atoms with Gasteiger partial charge in [-0.2, -0.15) is 5.23 Å². The molecule has 2 atom stereocenters. The molecule has 0 aromatic heterocycles. The third-order valence-corrected chi connectivity index (χ3v) is 6.08. The Labute approximate surface area is 176 Å². The number of quaternary nitrogens is 1. The van der Waals surface area contributed by atoms with Crippen molar-refractivity contribution < 1.29 is 24.7 Å². The molecule has 2 aromatic carbocycles. The van der Waals surface area contributed by atoms with Gasteiger partial charge in [0.25, 0.3) is 0 Å². The first-order valence-corrected chi connectivity index (χ1v) is 10.5. The van der Waals surface area contributed by atoms with Gasteiger partial charge in [0.05, 0.1) is 19.8 Å². The summed E-state index contributed by atoms with van der Waals surface area (Å²) < 4.78 is 11.7. The highest BCUT2D eigenvalue weighted by molar-refractivity contribution is 5.80. The molecule has 7 heteroatoms. The maximum atomic E-state index is 12.7. The third kappa shape index (κ3) is 4.43. The summed E-state index contributed by atoms with van der Waals surface area (Å²) in [5, 5.41) is 19.9. The molecule has 1 aliphatic heterocycles. The topological polar surface area (TPSA) is 86.5 Å². The molecule has 4 rings (SSSR count). The summed E-state index contributed by atoms with van der Waals surface area (Å²) in [6.45, 7) is 0.862. The van der Waals surface area contributed by atoms with Crippen molar-refractivity contribution in [2.24, 2.45) is 0 Å². The van der Waals surface area contributed by atoms with Gasteiger partial charge in [-0.1, -0.05) is 24.3 Å². The molecule has 2 aliphatic rings. The zero-order valence-electron chi connectivity index (χ0n) is 17.2. The summed E-state index contributed by atoms with van der Waals surface area (Å²) in [4.78, 5) is 14.4. The number of likely N-dealkylation sites (tertiary alicyclic amines) is 1. The standard InChI is InChI=1S/C23H28N2O5/c1-29-21-11-10-16(12-22(21)30-19-7-3-4-8-19)18-13-23(26)24(15-18)14-17-6-2-5-9-20(17)25(27)28/h2,5-6,9-12,18-19,25,27H,3-4,7-8,13-15H2,1H3. The van der Waals surface area contributed by atoms with Crippen LogP contribution in [-0.4, -0.2) is 35.8 Å². The van der Waals surface area contributed by atoms with Crippen LogP contribution in [-0.2, 0) is 11.3 Å². The van der Waals surface area contributed by atoms with E-state index in [0.717, 1.165) is 24.2 Å². The monoisotopic (exact) mass is 412 g/mol. The molecule has 0 radical (unpaired) electrons. The number of methoxy groups -OCH3 is 1. The summed E-state index contributed by atoms with van der Waals surface area (Å²) in [6.07, 6.45) is 5.14. The highest BCUT2D eigenvalue weighted by atomic mass is 16.8. The van der Waals surface area contributed by atoms with Crippen LogP contribution in [0.4, 0.5) is 5.69 Å². The molecular weight excluding hydrogens is 384 g/mol. The van der Waals surface area contributed by atoms with Gasteiger partial charge in [-0.25, -0.2) is 5.21 Å². The molecule has 1 heterocycles. The number of hydrogen-bond donors (Lipinski definition) is 2. The van der Waals surface area contributed by atoms with Crippen LogP contribution in [0.25, 0.3) is 0 Å². The number of carbonyl (C=O) groups is 1. The lowest BCUT2D eigenvalue weighted by molar-refractivity contribution is -0.991. The molecule has 1 aliphatic carbocycles. The number of hydrogen-bond acceptors (Lipinski definition) is 5. The van der Waals surface area contributed by atoms with Crippen molar-refractivity contribution in [2.75, 3.05) is 13.7 Å². The number of para-hydroxylation sites is 1. The van der Waals surface area contributed by atoms with E-state index in [4.69, 9.17) is 9.47 Å². The average molecular weight is 412 g/mol. The lowest BCUT2D eigenvalue weighted by Gasteiger charge is -2.21. The van der Waals surface area contributed by atoms with Crippen molar-refractivity contribution in [3.63, 3.8) is 0 Å². The molecule has 0 bridgehead atoms. The molecule has 1 amide bonds. The van der Waals surface area contributed by atoms with Gasteiger partial charge in [0.15, 0.2) is 17.2 Å². The van der Waals surface area contributed by atoms with Crippen molar-refractivity contribution in [3.05, 3.63) is 58.8 Å². The SMILES string of the molecule is COc1ccc(C2CC(=O)N(Cc3ccccc3[NH+]([O-])O)C2)cc1OC1CCCC1. The summed E-state index contributed by atoms with van der Waals surface area (Å²) in [6, 6.07) is 12.8. The first-order valence-electron chi connectivity index (χ1n) is 10.5. The van der Waals surface area contributed by atoms with Crippen molar-refractivity contribution in [3.8, 4) is 11.5 Å². The summed E-state index contributed by atoms with van der Waals surface area (Å²) in [5.41, 5.74) is 1.94. The molecule has 0 spiro atoms. The molecule has 30 heavy (non-hydrogen) atoms. The molecule has 2 aromatic rings. The molecule has 160 valence electrons. The highest BCUT2D eigenvalue weighted by Gasteiger charge is 2.32. The first-order chi connectivity index (χ1) is 14.5. The van der Waals surface area contributed by atoms with E-state index in [1.165, 1.54) is 12.8 Å². The minimum absolute atomic E-state index is 0.0364. The Kier molecular flexibility index (Phi) is 6.22. The number of ether oxygens (including phenoxy) is 2. The lowest BCUT2D eigenvalue weighted by Crippen LogP contribution is -2.99. The quantitative estimate of drug-likeness (QED) is 0.683. The van der Waals surface area contributed by atoms with E-state index < -0.39 is 5.23 Å². The van der Waals surface area contributed by atoms with E-state index in [2.05, 4.69) is 0 Å². The molecule has 1 saturated heterocycles. The van der Waals surface area contributed by atoms with Gasteiger partial charge < -0.3 is 19.6 Å². The van der Waals surface area contributed by atoms with Gasteiger partial charge >= 0.3 is 0 Å². The fourth-order valence-corrected chi connectivity index (χ4v) is 4.45. The Morgan fingerprint density at radius 2 is 1.93 bits per heavy atom.